The van der Waals surface area contributed by atoms with Crippen LogP contribution in [0.4, 0.5) is 8.78 Å². The average molecular weight is 298 g/mol. The first kappa shape index (κ1) is 15.5. The Kier molecular flexibility index (Phi) is 4.28. The fourth-order valence-electron chi connectivity index (χ4n) is 1.23. The summed E-state index contributed by atoms with van der Waals surface area (Å²) in [6, 6.07) is 0.849. The Labute approximate surface area is 107 Å². The first-order valence-electron chi connectivity index (χ1n) is 4.97. The lowest BCUT2D eigenvalue weighted by molar-refractivity contribution is -0.0437. The third-order valence-electron chi connectivity index (χ3n) is 2.26. The number of sulfonamides is 1. The van der Waals surface area contributed by atoms with E-state index in [1.807, 2.05) is 0 Å². The molecular weight excluding hydrogens is 286 g/mol. The van der Waals surface area contributed by atoms with Gasteiger partial charge in [0, 0.05) is 13.2 Å². The second-order valence-electron chi connectivity index (χ2n) is 3.82. The highest BCUT2D eigenvalue weighted by Crippen LogP contribution is 2.16. The number of hydrogen-bond acceptors (Lipinski definition) is 4. The van der Waals surface area contributed by atoms with Gasteiger partial charge in [0.1, 0.15) is 17.2 Å². The normalized spacial score (nSPS) is 12.6. The Hall–Kier alpha value is -1.52. The van der Waals surface area contributed by atoms with Crippen molar-refractivity contribution in [3.63, 3.8) is 0 Å². The zero-order valence-corrected chi connectivity index (χ0v) is 10.6. The number of rotatable bonds is 6. The summed E-state index contributed by atoms with van der Waals surface area (Å²) in [6.07, 6.45) is 0.989. The molecular formula is C9H12F2N2O5S. The molecule has 0 saturated carbocycles. The number of aromatic carboxylic acids is 1. The van der Waals surface area contributed by atoms with Crippen molar-refractivity contribution >= 4 is 16.0 Å². The van der Waals surface area contributed by atoms with E-state index in [0.29, 0.717) is 0 Å². The van der Waals surface area contributed by atoms with Crippen LogP contribution in [0.5, 0.6) is 0 Å². The van der Waals surface area contributed by atoms with Crippen molar-refractivity contribution in [2.75, 3.05) is 13.2 Å². The number of carboxylic acid groups (broad SMARTS) is 1. The van der Waals surface area contributed by atoms with Crippen molar-refractivity contribution in [2.45, 2.75) is 10.8 Å². The predicted molar refractivity (Wildman–Crippen MR) is 59.6 cm³/mol. The molecule has 1 aromatic heterocycles. The van der Waals surface area contributed by atoms with Crippen molar-refractivity contribution in [2.24, 2.45) is 7.05 Å². The molecule has 19 heavy (non-hydrogen) atoms. The minimum atomic E-state index is -4.26. The molecule has 0 bridgehead atoms. The standard InChI is InChI=1S/C9H12F2N2O5S/c1-13-3-6(2-7(13)8(15)16)19(17,18)12-4-9(10,11)5-14/h2-3,12,14H,4-5H2,1H3,(H,15,16). The van der Waals surface area contributed by atoms with Crippen LogP contribution in [0.3, 0.4) is 0 Å². The number of alkyl halides is 2. The lowest BCUT2D eigenvalue weighted by Gasteiger charge is -2.13. The highest BCUT2D eigenvalue weighted by atomic mass is 32.2. The number of nitrogens with zero attached hydrogens (tertiary/aromatic N) is 1. The number of aliphatic hydroxyl groups is 1. The van der Waals surface area contributed by atoms with Crippen LogP contribution in [0.1, 0.15) is 10.5 Å². The summed E-state index contributed by atoms with van der Waals surface area (Å²) in [4.78, 5) is 10.3. The number of carboxylic acids is 1. The Bertz CT molecular complexity index is 581. The van der Waals surface area contributed by atoms with E-state index in [1.54, 1.807) is 4.72 Å². The average Bonchev–Trinajstić information content (AvgIpc) is 2.70. The molecule has 0 aliphatic carbocycles. The van der Waals surface area contributed by atoms with Crippen molar-refractivity contribution in [3.8, 4) is 0 Å². The van der Waals surface area contributed by atoms with Crippen LogP contribution in [-0.4, -0.2) is 48.2 Å². The van der Waals surface area contributed by atoms with E-state index in [2.05, 4.69) is 0 Å². The van der Waals surface area contributed by atoms with Gasteiger partial charge < -0.3 is 14.8 Å². The molecule has 1 rings (SSSR count). The second-order valence-corrected chi connectivity index (χ2v) is 5.58. The van der Waals surface area contributed by atoms with Gasteiger partial charge in [-0.25, -0.2) is 26.7 Å². The predicted octanol–water partition coefficient (Wildman–Crippen LogP) is -0.371. The van der Waals surface area contributed by atoms with Crippen molar-refractivity contribution in [1.82, 2.24) is 9.29 Å². The number of aromatic nitrogens is 1. The smallest absolute Gasteiger partial charge is 0.352 e. The maximum Gasteiger partial charge on any atom is 0.352 e. The molecule has 1 heterocycles. The summed E-state index contributed by atoms with van der Waals surface area (Å²) in [7, 11) is -2.95. The van der Waals surface area contributed by atoms with Crippen LogP contribution < -0.4 is 4.72 Å². The van der Waals surface area contributed by atoms with Crippen LogP contribution in [0.2, 0.25) is 0 Å². The maximum atomic E-state index is 12.7. The second kappa shape index (κ2) is 5.23. The van der Waals surface area contributed by atoms with Gasteiger partial charge in [-0.05, 0) is 6.07 Å². The van der Waals surface area contributed by atoms with Crippen molar-refractivity contribution in [3.05, 3.63) is 18.0 Å². The third-order valence-corrected chi connectivity index (χ3v) is 3.63. The first-order valence-corrected chi connectivity index (χ1v) is 6.45. The quantitative estimate of drug-likeness (QED) is 0.664. The topological polar surface area (TPSA) is 109 Å². The van der Waals surface area contributed by atoms with Gasteiger partial charge in [0.2, 0.25) is 10.0 Å². The molecule has 0 unspecified atom stereocenters. The summed E-state index contributed by atoms with van der Waals surface area (Å²) in [6.45, 7) is -2.77. The number of aliphatic hydroxyl groups excluding tert-OH is 1. The fourth-order valence-corrected chi connectivity index (χ4v) is 2.37. The summed E-state index contributed by atoms with van der Waals surface area (Å²) >= 11 is 0. The molecule has 0 radical (unpaired) electrons. The van der Waals surface area contributed by atoms with E-state index < -0.39 is 40.0 Å². The monoisotopic (exact) mass is 298 g/mol. The van der Waals surface area contributed by atoms with Gasteiger partial charge in [-0.2, -0.15) is 0 Å². The van der Waals surface area contributed by atoms with Gasteiger partial charge in [-0.15, -0.1) is 0 Å². The van der Waals surface area contributed by atoms with Gasteiger partial charge in [-0.1, -0.05) is 0 Å². The number of hydrogen-bond donors (Lipinski definition) is 3. The lowest BCUT2D eigenvalue weighted by Crippen LogP contribution is -2.38. The maximum absolute atomic E-state index is 12.7. The summed E-state index contributed by atoms with van der Waals surface area (Å²) in [5.41, 5.74) is -0.297. The van der Waals surface area contributed by atoms with Crippen LogP contribution in [-0.2, 0) is 17.1 Å². The Balaban J connectivity index is 2.96. The molecule has 10 heteroatoms. The van der Waals surface area contributed by atoms with E-state index in [4.69, 9.17) is 10.2 Å². The Morgan fingerprint density at radius 1 is 1.53 bits per heavy atom. The Morgan fingerprint density at radius 2 is 2.11 bits per heavy atom. The molecule has 0 aliphatic heterocycles. The number of aryl methyl sites for hydroxylation is 1. The van der Waals surface area contributed by atoms with Crippen LogP contribution in [0.15, 0.2) is 17.2 Å². The number of carbonyl (C=O) groups is 1. The largest absolute Gasteiger partial charge is 0.477 e. The third kappa shape index (κ3) is 3.72. The molecule has 108 valence electrons. The molecule has 0 saturated heterocycles. The molecule has 7 nitrogen and oxygen atoms in total. The zero-order valence-electron chi connectivity index (χ0n) is 9.80. The van der Waals surface area contributed by atoms with E-state index in [9.17, 15) is 22.0 Å². The van der Waals surface area contributed by atoms with E-state index in [-0.39, 0.29) is 5.69 Å². The summed E-state index contributed by atoms with van der Waals surface area (Å²) in [5, 5.41) is 17.1. The summed E-state index contributed by atoms with van der Waals surface area (Å²) < 4.78 is 51.4. The molecule has 1 aromatic rings. The van der Waals surface area contributed by atoms with Gasteiger partial charge in [-0.3, -0.25) is 0 Å². The van der Waals surface area contributed by atoms with E-state index in [1.165, 1.54) is 7.05 Å². The van der Waals surface area contributed by atoms with Crippen molar-refractivity contribution in [1.29, 1.82) is 0 Å². The van der Waals surface area contributed by atoms with Crippen LogP contribution in [0.25, 0.3) is 0 Å². The number of halogens is 2. The highest BCUT2D eigenvalue weighted by Gasteiger charge is 2.31. The Morgan fingerprint density at radius 3 is 2.53 bits per heavy atom. The molecule has 0 spiro atoms. The molecule has 0 aromatic carbocycles. The van der Waals surface area contributed by atoms with Gasteiger partial charge in [0.15, 0.2) is 0 Å². The first-order chi connectivity index (χ1) is 8.59. The highest BCUT2D eigenvalue weighted by molar-refractivity contribution is 7.89. The van der Waals surface area contributed by atoms with Crippen LogP contribution in [0, 0.1) is 0 Å². The van der Waals surface area contributed by atoms with E-state index in [0.717, 1.165) is 16.8 Å². The number of nitrogens with one attached hydrogen (secondary N) is 1. The molecule has 0 amide bonds. The van der Waals surface area contributed by atoms with Gasteiger partial charge in [0.25, 0.3) is 5.92 Å². The molecule has 0 fully saturated rings. The SMILES string of the molecule is Cn1cc(S(=O)(=O)NCC(F)(F)CO)cc1C(=O)O. The van der Waals surface area contributed by atoms with Gasteiger partial charge in [0.05, 0.1) is 6.54 Å². The fraction of sp³-hybridized carbons (Fsp3) is 0.444. The minimum absolute atomic E-state index is 0.297. The summed E-state index contributed by atoms with van der Waals surface area (Å²) in [5.74, 6) is -4.93. The van der Waals surface area contributed by atoms with Gasteiger partial charge >= 0.3 is 5.97 Å². The molecule has 0 aliphatic rings. The van der Waals surface area contributed by atoms with Crippen molar-refractivity contribution < 1.29 is 32.2 Å². The zero-order chi connectivity index (χ0) is 14.8. The van der Waals surface area contributed by atoms with E-state index >= 15 is 0 Å². The van der Waals surface area contributed by atoms with Crippen LogP contribution >= 0.6 is 0 Å². The molecule has 3 N–H and O–H groups in total. The lowest BCUT2D eigenvalue weighted by atomic mass is 10.4. The molecule has 0 atom stereocenters. The minimum Gasteiger partial charge on any atom is -0.477 e.